The van der Waals surface area contributed by atoms with Crippen LogP contribution in [-0.2, 0) is 13.1 Å². The highest BCUT2D eigenvalue weighted by molar-refractivity contribution is 7.16. The summed E-state index contributed by atoms with van der Waals surface area (Å²) in [4.78, 5) is 7.81. The van der Waals surface area contributed by atoms with E-state index in [9.17, 15) is 0 Å². The molecule has 3 rings (SSSR count). The predicted octanol–water partition coefficient (Wildman–Crippen LogP) is 3.76. The molecule has 2 N–H and O–H groups in total. The topological polar surface area (TPSA) is 55.3 Å². The van der Waals surface area contributed by atoms with Gasteiger partial charge >= 0.3 is 0 Å². The fourth-order valence-electron chi connectivity index (χ4n) is 2.05. The molecule has 0 spiro atoms. The lowest BCUT2D eigenvalue weighted by Crippen LogP contribution is -2.16. The zero-order valence-electron chi connectivity index (χ0n) is 11.0. The molecular formula is C14H14ClN3OS. The van der Waals surface area contributed by atoms with Gasteiger partial charge in [0.1, 0.15) is 5.52 Å². The summed E-state index contributed by atoms with van der Waals surface area (Å²) < 4.78 is 6.52. The summed E-state index contributed by atoms with van der Waals surface area (Å²) in [5.41, 5.74) is 7.98. The molecule has 2 heterocycles. The van der Waals surface area contributed by atoms with E-state index in [4.69, 9.17) is 21.8 Å². The fourth-order valence-corrected chi connectivity index (χ4v) is 3.21. The molecule has 0 atom stereocenters. The Balaban J connectivity index is 1.72. The highest BCUT2D eigenvalue weighted by Gasteiger charge is 2.10. The molecule has 0 unspecified atom stereocenters. The first-order valence-electron chi connectivity index (χ1n) is 6.18. The Hall–Kier alpha value is -1.56. The number of nitrogens with zero attached hydrogens (tertiary/aromatic N) is 2. The van der Waals surface area contributed by atoms with Crippen molar-refractivity contribution in [3.63, 3.8) is 0 Å². The lowest BCUT2D eigenvalue weighted by Gasteiger charge is -2.12. The molecule has 0 aliphatic heterocycles. The van der Waals surface area contributed by atoms with Crippen LogP contribution in [0.2, 0.25) is 4.34 Å². The number of rotatable bonds is 4. The molecule has 4 nitrogen and oxygen atoms in total. The molecule has 0 amide bonds. The van der Waals surface area contributed by atoms with Crippen LogP contribution < -0.4 is 5.73 Å². The first-order valence-corrected chi connectivity index (χ1v) is 7.37. The van der Waals surface area contributed by atoms with Crippen LogP contribution in [0.15, 0.2) is 34.7 Å². The van der Waals surface area contributed by atoms with E-state index in [1.54, 1.807) is 17.4 Å². The minimum Gasteiger partial charge on any atom is -0.439 e. The minimum atomic E-state index is 0.643. The Labute approximate surface area is 125 Å². The summed E-state index contributed by atoms with van der Waals surface area (Å²) in [6, 6.07) is 9.45. The van der Waals surface area contributed by atoms with Gasteiger partial charge in [-0.05, 0) is 31.3 Å². The number of thiophene rings is 1. The zero-order valence-corrected chi connectivity index (χ0v) is 12.5. The molecule has 0 saturated carbocycles. The summed E-state index contributed by atoms with van der Waals surface area (Å²) in [5.74, 6) is 0.691. The molecule has 0 radical (unpaired) electrons. The Morgan fingerprint density at radius 2 is 2.15 bits per heavy atom. The number of halogens is 1. The van der Waals surface area contributed by atoms with Crippen molar-refractivity contribution >= 4 is 39.7 Å². The van der Waals surface area contributed by atoms with E-state index >= 15 is 0 Å². The molecule has 0 fully saturated rings. The number of hydrogen-bond acceptors (Lipinski definition) is 5. The normalized spacial score (nSPS) is 11.6. The predicted molar refractivity (Wildman–Crippen MR) is 82.9 cm³/mol. The van der Waals surface area contributed by atoms with Crippen molar-refractivity contribution in [2.45, 2.75) is 13.1 Å². The Bertz CT molecular complexity index is 737. The van der Waals surface area contributed by atoms with Crippen LogP contribution in [0.5, 0.6) is 0 Å². The average Bonchev–Trinajstić information content (AvgIpc) is 2.94. The van der Waals surface area contributed by atoms with Gasteiger partial charge in [-0.2, -0.15) is 0 Å². The van der Waals surface area contributed by atoms with E-state index in [1.165, 1.54) is 4.88 Å². The Morgan fingerprint density at radius 3 is 2.90 bits per heavy atom. The SMILES string of the molecule is CN(Cc1nc2ccc(N)cc2o1)Cc1ccc(Cl)s1. The van der Waals surface area contributed by atoms with E-state index < -0.39 is 0 Å². The van der Waals surface area contributed by atoms with E-state index in [2.05, 4.69) is 9.88 Å². The van der Waals surface area contributed by atoms with Crippen LogP contribution >= 0.6 is 22.9 Å². The maximum absolute atomic E-state index is 5.93. The van der Waals surface area contributed by atoms with Crippen LogP contribution in [0.4, 0.5) is 5.69 Å². The smallest absolute Gasteiger partial charge is 0.209 e. The summed E-state index contributed by atoms with van der Waals surface area (Å²) in [6.07, 6.45) is 0. The van der Waals surface area contributed by atoms with Crippen LogP contribution in [0.25, 0.3) is 11.1 Å². The van der Waals surface area contributed by atoms with Gasteiger partial charge in [-0.25, -0.2) is 4.98 Å². The number of benzene rings is 1. The Morgan fingerprint density at radius 1 is 1.30 bits per heavy atom. The third kappa shape index (κ3) is 2.95. The van der Waals surface area contributed by atoms with Crippen LogP contribution in [-0.4, -0.2) is 16.9 Å². The van der Waals surface area contributed by atoms with Crippen molar-refractivity contribution in [3.05, 3.63) is 45.4 Å². The molecule has 104 valence electrons. The van der Waals surface area contributed by atoms with Gasteiger partial charge in [0.25, 0.3) is 0 Å². The maximum Gasteiger partial charge on any atom is 0.209 e. The van der Waals surface area contributed by atoms with Crippen molar-refractivity contribution < 1.29 is 4.42 Å². The number of aromatic nitrogens is 1. The summed E-state index contributed by atoms with van der Waals surface area (Å²) >= 11 is 7.52. The van der Waals surface area contributed by atoms with E-state index in [-0.39, 0.29) is 0 Å². The van der Waals surface area contributed by atoms with Gasteiger partial charge in [0, 0.05) is 23.2 Å². The number of anilines is 1. The summed E-state index contributed by atoms with van der Waals surface area (Å²) in [5, 5.41) is 0. The van der Waals surface area contributed by atoms with Gasteiger partial charge in [-0.1, -0.05) is 11.6 Å². The first kappa shape index (κ1) is 13.4. The molecule has 0 aliphatic carbocycles. The molecule has 6 heteroatoms. The highest BCUT2D eigenvalue weighted by Crippen LogP contribution is 2.23. The van der Waals surface area contributed by atoms with E-state index in [0.717, 1.165) is 22.0 Å². The van der Waals surface area contributed by atoms with Gasteiger partial charge in [-0.3, -0.25) is 4.90 Å². The third-order valence-corrected chi connectivity index (χ3v) is 4.13. The van der Waals surface area contributed by atoms with Gasteiger partial charge in [0.05, 0.1) is 10.9 Å². The largest absolute Gasteiger partial charge is 0.439 e. The molecule has 0 saturated heterocycles. The number of oxazole rings is 1. The standard InChI is InChI=1S/C14H14ClN3OS/c1-18(7-10-3-5-13(15)20-10)8-14-17-11-4-2-9(16)6-12(11)19-14/h2-6H,7-8,16H2,1H3. The monoisotopic (exact) mass is 307 g/mol. The molecule has 2 aromatic heterocycles. The minimum absolute atomic E-state index is 0.643. The second-order valence-electron chi connectivity index (χ2n) is 4.71. The molecule has 0 aliphatic rings. The van der Waals surface area contributed by atoms with Crippen LogP contribution in [0.1, 0.15) is 10.8 Å². The number of nitrogen functional groups attached to an aromatic ring is 1. The third-order valence-electron chi connectivity index (χ3n) is 2.92. The van der Waals surface area contributed by atoms with Gasteiger partial charge in [0.15, 0.2) is 5.58 Å². The van der Waals surface area contributed by atoms with Crippen molar-refractivity contribution in [1.29, 1.82) is 0 Å². The lowest BCUT2D eigenvalue weighted by atomic mass is 10.3. The summed E-state index contributed by atoms with van der Waals surface area (Å²) in [6.45, 7) is 1.46. The van der Waals surface area contributed by atoms with Crippen molar-refractivity contribution in [1.82, 2.24) is 9.88 Å². The van der Waals surface area contributed by atoms with Crippen molar-refractivity contribution in [3.8, 4) is 0 Å². The van der Waals surface area contributed by atoms with Crippen molar-refractivity contribution in [2.75, 3.05) is 12.8 Å². The maximum atomic E-state index is 5.93. The average molecular weight is 308 g/mol. The molecule has 20 heavy (non-hydrogen) atoms. The van der Waals surface area contributed by atoms with Crippen LogP contribution in [0.3, 0.4) is 0 Å². The number of hydrogen-bond donors (Lipinski definition) is 1. The Kier molecular flexibility index (Phi) is 3.65. The second kappa shape index (κ2) is 5.44. The van der Waals surface area contributed by atoms with Gasteiger partial charge < -0.3 is 10.2 Å². The second-order valence-corrected chi connectivity index (χ2v) is 6.51. The van der Waals surface area contributed by atoms with Gasteiger partial charge in [-0.15, -0.1) is 11.3 Å². The number of nitrogens with two attached hydrogens (primary N) is 1. The summed E-state index contributed by atoms with van der Waals surface area (Å²) in [7, 11) is 2.02. The van der Waals surface area contributed by atoms with Crippen LogP contribution in [0, 0.1) is 0 Å². The first-order chi connectivity index (χ1) is 9.60. The quantitative estimate of drug-likeness (QED) is 0.746. The van der Waals surface area contributed by atoms with Gasteiger partial charge in [0.2, 0.25) is 5.89 Å². The fraction of sp³-hybridized carbons (Fsp3) is 0.214. The zero-order chi connectivity index (χ0) is 14.1. The van der Waals surface area contributed by atoms with E-state index in [0.29, 0.717) is 18.1 Å². The van der Waals surface area contributed by atoms with Crippen molar-refractivity contribution in [2.24, 2.45) is 0 Å². The highest BCUT2D eigenvalue weighted by atomic mass is 35.5. The molecule has 1 aromatic carbocycles. The molecular weight excluding hydrogens is 294 g/mol. The lowest BCUT2D eigenvalue weighted by molar-refractivity contribution is 0.287. The molecule has 0 bridgehead atoms. The molecule has 3 aromatic rings. The number of fused-ring (bicyclic) bond motifs is 1. The van der Waals surface area contributed by atoms with E-state index in [1.807, 2.05) is 31.3 Å².